The van der Waals surface area contributed by atoms with Crippen LogP contribution in [0.3, 0.4) is 0 Å². The molecule has 15 heavy (non-hydrogen) atoms. The predicted octanol–water partition coefficient (Wildman–Crippen LogP) is 1.38. The third-order valence-corrected chi connectivity index (χ3v) is 3.20. The Morgan fingerprint density at radius 3 is 2.47 bits per heavy atom. The first-order valence-corrected chi connectivity index (χ1v) is 5.76. The van der Waals surface area contributed by atoms with Gasteiger partial charge in [0.25, 0.3) is 0 Å². The number of imidazole rings is 1. The molecule has 4 heteroatoms. The molecule has 2 N–H and O–H groups in total. The molecule has 0 saturated carbocycles. The lowest BCUT2D eigenvalue weighted by Crippen LogP contribution is -2.25. The lowest BCUT2D eigenvalue weighted by Gasteiger charge is -2.19. The first-order valence-electron chi connectivity index (χ1n) is 5.76. The van der Waals surface area contributed by atoms with Gasteiger partial charge in [0.15, 0.2) is 5.95 Å². The molecule has 0 aromatic carbocycles. The van der Waals surface area contributed by atoms with E-state index in [2.05, 4.69) is 9.88 Å². The molecular weight excluding hydrogens is 188 g/mol. The second kappa shape index (κ2) is 4.66. The Morgan fingerprint density at radius 1 is 1.27 bits per heavy atom. The zero-order valence-corrected chi connectivity index (χ0v) is 9.45. The summed E-state index contributed by atoms with van der Waals surface area (Å²) in [7, 11) is 1.98. The van der Waals surface area contributed by atoms with Gasteiger partial charge in [-0.05, 0) is 25.9 Å². The van der Waals surface area contributed by atoms with E-state index in [1.165, 1.54) is 44.5 Å². The van der Waals surface area contributed by atoms with Gasteiger partial charge in [-0.15, -0.1) is 0 Å². The molecule has 0 radical (unpaired) electrons. The van der Waals surface area contributed by atoms with Gasteiger partial charge in [0, 0.05) is 13.6 Å². The van der Waals surface area contributed by atoms with Crippen molar-refractivity contribution in [2.45, 2.75) is 32.2 Å². The van der Waals surface area contributed by atoms with Gasteiger partial charge in [-0.25, -0.2) is 4.98 Å². The Bertz CT molecular complexity index is 310. The molecule has 1 aromatic heterocycles. The maximum atomic E-state index is 5.71. The van der Waals surface area contributed by atoms with Crippen LogP contribution in [-0.2, 0) is 13.6 Å². The van der Waals surface area contributed by atoms with Crippen molar-refractivity contribution in [3.63, 3.8) is 0 Å². The van der Waals surface area contributed by atoms with Gasteiger partial charge in [-0.1, -0.05) is 12.8 Å². The van der Waals surface area contributed by atoms with Crippen molar-refractivity contribution < 1.29 is 0 Å². The monoisotopic (exact) mass is 208 g/mol. The molecule has 2 rings (SSSR count). The molecule has 0 aliphatic carbocycles. The van der Waals surface area contributed by atoms with Crippen molar-refractivity contribution in [1.29, 1.82) is 0 Å². The fraction of sp³-hybridized carbons (Fsp3) is 0.727. The Kier molecular flexibility index (Phi) is 3.26. The average molecular weight is 208 g/mol. The molecule has 0 atom stereocenters. The molecule has 0 amide bonds. The molecule has 1 aliphatic rings. The number of aromatic nitrogens is 2. The molecular formula is C11H20N4. The highest BCUT2D eigenvalue weighted by atomic mass is 15.2. The Morgan fingerprint density at radius 2 is 1.93 bits per heavy atom. The van der Waals surface area contributed by atoms with Crippen LogP contribution in [-0.4, -0.2) is 27.5 Å². The van der Waals surface area contributed by atoms with Crippen molar-refractivity contribution in [3.05, 3.63) is 11.9 Å². The van der Waals surface area contributed by atoms with Gasteiger partial charge in [-0.2, -0.15) is 0 Å². The minimum Gasteiger partial charge on any atom is -0.369 e. The van der Waals surface area contributed by atoms with Crippen molar-refractivity contribution in [1.82, 2.24) is 14.5 Å². The predicted molar refractivity (Wildman–Crippen MR) is 61.4 cm³/mol. The van der Waals surface area contributed by atoms with E-state index < -0.39 is 0 Å². The van der Waals surface area contributed by atoms with Crippen molar-refractivity contribution in [2.24, 2.45) is 7.05 Å². The van der Waals surface area contributed by atoms with E-state index in [0.29, 0.717) is 5.95 Å². The summed E-state index contributed by atoms with van der Waals surface area (Å²) in [5, 5.41) is 0. The summed E-state index contributed by atoms with van der Waals surface area (Å²) in [5.74, 6) is 0.611. The summed E-state index contributed by atoms with van der Waals surface area (Å²) in [4.78, 5) is 6.62. The Labute approximate surface area is 91.1 Å². The standard InChI is InChI=1S/C11H20N4/c1-14-10(8-13-11(14)12)9-15-6-4-2-3-5-7-15/h8H,2-7,9H2,1H3,(H2,12,13). The first kappa shape index (κ1) is 10.5. The molecule has 2 heterocycles. The summed E-state index contributed by atoms with van der Waals surface area (Å²) in [6, 6.07) is 0. The minimum absolute atomic E-state index is 0.611. The number of likely N-dealkylation sites (tertiary alicyclic amines) is 1. The smallest absolute Gasteiger partial charge is 0.200 e. The molecule has 1 aromatic rings. The third kappa shape index (κ3) is 2.50. The molecule has 84 valence electrons. The minimum atomic E-state index is 0.611. The van der Waals surface area contributed by atoms with E-state index in [9.17, 15) is 0 Å². The van der Waals surface area contributed by atoms with Gasteiger partial charge in [0.1, 0.15) is 0 Å². The third-order valence-electron chi connectivity index (χ3n) is 3.20. The zero-order chi connectivity index (χ0) is 10.7. The summed E-state index contributed by atoms with van der Waals surface area (Å²) in [6.07, 6.45) is 7.30. The fourth-order valence-electron chi connectivity index (χ4n) is 2.13. The van der Waals surface area contributed by atoms with E-state index in [0.717, 1.165) is 6.54 Å². The van der Waals surface area contributed by atoms with Crippen LogP contribution in [0.1, 0.15) is 31.4 Å². The van der Waals surface area contributed by atoms with Crippen LogP contribution in [0.25, 0.3) is 0 Å². The van der Waals surface area contributed by atoms with Crippen LogP contribution in [0, 0.1) is 0 Å². The molecule has 1 saturated heterocycles. The molecule has 4 nitrogen and oxygen atoms in total. The lowest BCUT2D eigenvalue weighted by molar-refractivity contribution is 0.271. The number of anilines is 1. The molecule has 1 fully saturated rings. The van der Waals surface area contributed by atoms with E-state index in [1.807, 2.05) is 17.8 Å². The zero-order valence-electron chi connectivity index (χ0n) is 9.45. The van der Waals surface area contributed by atoms with Gasteiger partial charge in [0.2, 0.25) is 0 Å². The van der Waals surface area contributed by atoms with Gasteiger partial charge < -0.3 is 10.3 Å². The lowest BCUT2D eigenvalue weighted by atomic mass is 10.2. The SMILES string of the molecule is Cn1c(CN2CCCCCC2)cnc1N. The maximum Gasteiger partial charge on any atom is 0.200 e. The second-order valence-corrected chi connectivity index (χ2v) is 4.36. The summed E-state index contributed by atoms with van der Waals surface area (Å²) < 4.78 is 1.98. The van der Waals surface area contributed by atoms with Gasteiger partial charge in [-0.3, -0.25) is 4.90 Å². The van der Waals surface area contributed by atoms with Crippen molar-refractivity contribution >= 4 is 5.95 Å². The van der Waals surface area contributed by atoms with E-state index in [4.69, 9.17) is 5.73 Å². The Balaban J connectivity index is 1.98. The normalized spacial score (nSPS) is 19.0. The van der Waals surface area contributed by atoms with Crippen LogP contribution in [0.5, 0.6) is 0 Å². The summed E-state index contributed by atoms with van der Waals surface area (Å²) >= 11 is 0. The maximum absolute atomic E-state index is 5.71. The number of hydrogen-bond donors (Lipinski definition) is 1. The second-order valence-electron chi connectivity index (χ2n) is 4.36. The summed E-state index contributed by atoms with van der Waals surface area (Å²) in [5.41, 5.74) is 6.93. The highest BCUT2D eigenvalue weighted by Gasteiger charge is 2.11. The van der Waals surface area contributed by atoms with Crippen molar-refractivity contribution in [2.75, 3.05) is 18.8 Å². The molecule has 0 bridgehead atoms. The van der Waals surface area contributed by atoms with Gasteiger partial charge >= 0.3 is 0 Å². The van der Waals surface area contributed by atoms with Crippen LogP contribution < -0.4 is 5.73 Å². The van der Waals surface area contributed by atoms with Crippen LogP contribution in [0.2, 0.25) is 0 Å². The average Bonchev–Trinajstić information content (AvgIpc) is 2.50. The van der Waals surface area contributed by atoms with E-state index >= 15 is 0 Å². The van der Waals surface area contributed by atoms with E-state index in [-0.39, 0.29) is 0 Å². The van der Waals surface area contributed by atoms with Crippen LogP contribution in [0.4, 0.5) is 5.95 Å². The largest absolute Gasteiger partial charge is 0.369 e. The number of hydrogen-bond acceptors (Lipinski definition) is 3. The van der Waals surface area contributed by atoms with Crippen LogP contribution in [0.15, 0.2) is 6.20 Å². The summed E-state index contributed by atoms with van der Waals surface area (Å²) in [6.45, 7) is 3.41. The fourth-order valence-corrected chi connectivity index (χ4v) is 2.13. The Hall–Kier alpha value is -1.03. The number of nitrogens with zero attached hydrogens (tertiary/aromatic N) is 3. The highest BCUT2D eigenvalue weighted by molar-refractivity contribution is 5.21. The number of nitrogen functional groups attached to an aromatic ring is 1. The number of nitrogens with two attached hydrogens (primary N) is 1. The molecule has 0 unspecified atom stereocenters. The van der Waals surface area contributed by atoms with Gasteiger partial charge in [0.05, 0.1) is 11.9 Å². The molecule has 1 aliphatic heterocycles. The highest BCUT2D eigenvalue weighted by Crippen LogP contribution is 2.13. The topological polar surface area (TPSA) is 47.1 Å². The quantitative estimate of drug-likeness (QED) is 0.798. The van der Waals surface area contributed by atoms with Crippen molar-refractivity contribution in [3.8, 4) is 0 Å². The first-order chi connectivity index (χ1) is 7.27. The molecule has 0 spiro atoms. The number of rotatable bonds is 2. The van der Waals surface area contributed by atoms with E-state index in [1.54, 1.807) is 0 Å². The van der Waals surface area contributed by atoms with Crippen LogP contribution >= 0.6 is 0 Å².